The molecule has 1 saturated carbocycles. The Morgan fingerprint density at radius 1 is 1.17 bits per heavy atom. The molecule has 0 amide bonds. The highest BCUT2D eigenvalue weighted by Gasteiger charge is 2.29. The molecule has 2 aromatic heterocycles. The Morgan fingerprint density at radius 3 is 2.72 bits per heavy atom. The van der Waals surface area contributed by atoms with E-state index in [4.69, 9.17) is 0 Å². The van der Waals surface area contributed by atoms with Crippen LogP contribution >= 0.6 is 0 Å². The minimum Gasteiger partial charge on any atom is -0.262 e. The molecule has 3 heteroatoms. The van der Waals surface area contributed by atoms with Gasteiger partial charge in [-0.1, -0.05) is 26.2 Å². The predicted molar refractivity (Wildman–Crippen MR) is 71.8 cm³/mol. The normalized spacial score (nSPS) is 18.7. The Kier molecular flexibility index (Phi) is 2.90. The Labute approximate surface area is 108 Å². The average Bonchev–Trinajstić information content (AvgIpc) is 2.91. The van der Waals surface area contributed by atoms with Gasteiger partial charge in [-0.2, -0.15) is 5.10 Å². The highest BCUT2D eigenvalue weighted by molar-refractivity contribution is 5.29. The van der Waals surface area contributed by atoms with Crippen molar-refractivity contribution in [1.29, 1.82) is 0 Å². The third kappa shape index (κ3) is 2.05. The fourth-order valence-electron chi connectivity index (χ4n) is 2.89. The van der Waals surface area contributed by atoms with Crippen molar-refractivity contribution in [3.8, 4) is 5.69 Å². The van der Waals surface area contributed by atoms with Crippen molar-refractivity contribution in [2.24, 2.45) is 0 Å². The van der Waals surface area contributed by atoms with Crippen molar-refractivity contribution >= 4 is 0 Å². The van der Waals surface area contributed by atoms with Gasteiger partial charge in [-0.25, -0.2) is 4.68 Å². The monoisotopic (exact) mass is 241 g/mol. The largest absolute Gasteiger partial charge is 0.262 e. The molecule has 18 heavy (non-hydrogen) atoms. The summed E-state index contributed by atoms with van der Waals surface area (Å²) in [5, 5.41) is 4.48. The maximum atomic E-state index is 4.48. The predicted octanol–water partition coefficient (Wildman–Crippen LogP) is 3.49. The molecule has 0 atom stereocenters. The van der Waals surface area contributed by atoms with Gasteiger partial charge in [0.25, 0.3) is 0 Å². The fourth-order valence-corrected chi connectivity index (χ4v) is 2.89. The molecule has 1 fully saturated rings. The van der Waals surface area contributed by atoms with Crippen molar-refractivity contribution < 1.29 is 0 Å². The summed E-state index contributed by atoms with van der Waals surface area (Å²) in [6.07, 6.45) is 14.5. The van der Waals surface area contributed by atoms with Gasteiger partial charge in [0.1, 0.15) is 0 Å². The molecule has 3 nitrogen and oxygen atoms in total. The van der Waals surface area contributed by atoms with Gasteiger partial charge >= 0.3 is 0 Å². The van der Waals surface area contributed by atoms with Crippen molar-refractivity contribution in [2.75, 3.05) is 0 Å². The molecule has 0 spiro atoms. The van der Waals surface area contributed by atoms with Gasteiger partial charge in [0.15, 0.2) is 0 Å². The van der Waals surface area contributed by atoms with E-state index in [1.165, 1.54) is 37.7 Å². The SMILES string of the molecule is CC1(c2cnn(-c3cccnc3)c2)CCCCC1. The minimum absolute atomic E-state index is 0.318. The van der Waals surface area contributed by atoms with Crippen LogP contribution in [0.3, 0.4) is 0 Å². The lowest BCUT2D eigenvalue weighted by Crippen LogP contribution is -2.24. The zero-order valence-electron chi connectivity index (χ0n) is 10.8. The highest BCUT2D eigenvalue weighted by atomic mass is 15.3. The van der Waals surface area contributed by atoms with E-state index in [1.807, 2.05) is 29.2 Å². The molecule has 2 heterocycles. The van der Waals surface area contributed by atoms with Gasteiger partial charge in [-0.3, -0.25) is 4.98 Å². The topological polar surface area (TPSA) is 30.7 Å². The van der Waals surface area contributed by atoms with E-state index < -0.39 is 0 Å². The van der Waals surface area contributed by atoms with Gasteiger partial charge in [0, 0.05) is 12.4 Å². The molecule has 0 N–H and O–H groups in total. The zero-order chi connectivity index (χ0) is 12.4. The molecular formula is C15H19N3. The molecule has 0 saturated heterocycles. The molecule has 0 aliphatic heterocycles. The van der Waals surface area contributed by atoms with Crippen LogP contribution in [-0.2, 0) is 5.41 Å². The van der Waals surface area contributed by atoms with E-state index in [2.05, 4.69) is 23.2 Å². The van der Waals surface area contributed by atoms with Gasteiger partial charge in [0.05, 0.1) is 18.1 Å². The van der Waals surface area contributed by atoms with Crippen LogP contribution in [0.5, 0.6) is 0 Å². The van der Waals surface area contributed by atoms with Crippen LogP contribution in [0.1, 0.15) is 44.6 Å². The van der Waals surface area contributed by atoms with E-state index in [9.17, 15) is 0 Å². The van der Waals surface area contributed by atoms with E-state index in [-0.39, 0.29) is 0 Å². The first-order valence-electron chi connectivity index (χ1n) is 6.73. The van der Waals surface area contributed by atoms with Gasteiger partial charge in [0.2, 0.25) is 0 Å². The van der Waals surface area contributed by atoms with Crippen LogP contribution in [0.15, 0.2) is 36.9 Å². The summed E-state index contributed by atoms with van der Waals surface area (Å²) < 4.78 is 1.93. The lowest BCUT2D eigenvalue weighted by atomic mass is 9.72. The number of hydrogen-bond acceptors (Lipinski definition) is 2. The third-order valence-corrected chi connectivity index (χ3v) is 4.15. The number of nitrogens with zero attached hydrogens (tertiary/aromatic N) is 3. The van der Waals surface area contributed by atoms with Crippen LogP contribution in [-0.4, -0.2) is 14.8 Å². The van der Waals surface area contributed by atoms with Crippen LogP contribution in [0.4, 0.5) is 0 Å². The number of rotatable bonds is 2. The van der Waals surface area contributed by atoms with Crippen LogP contribution in [0.25, 0.3) is 5.69 Å². The summed E-state index contributed by atoms with van der Waals surface area (Å²) in [4.78, 5) is 4.14. The van der Waals surface area contributed by atoms with Crippen molar-refractivity contribution in [2.45, 2.75) is 44.4 Å². The second kappa shape index (κ2) is 4.56. The minimum atomic E-state index is 0.318. The highest BCUT2D eigenvalue weighted by Crippen LogP contribution is 2.38. The Morgan fingerprint density at radius 2 is 2.00 bits per heavy atom. The summed E-state index contributed by atoms with van der Waals surface area (Å²) in [5.41, 5.74) is 2.72. The maximum absolute atomic E-state index is 4.48. The third-order valence-electron chi connectivity index (χ3n) is 4.15. The van der Waals surface area contributed by atoms with E-state index in [0.29, 0.717) is 5.41 Å². The zero-order valence-corrected chi connectivity index (χ0v) is 10.8. The van der Waals surface area contributed by atoms with Crippen molar-refractivity contribution in [1.82, 2.24) is 14.8 Å². The first-order valence-corrected chi connectivity index (χ1v) is 6.73. The first-order chi connectivity index (χ1) is 8.78. The maximum Gasteiger partial charge on any atom is 0.0828 e. The summed E-state index contributed by atoms with van der Waals surface area (Å²) in [7, 11) is 0. The quantitative estimate of drug-likeness (QED) is 0.805. The second-order valence-corrected chi connectivity index (χ2v) is 5.51. The van der Waals surface area contributed by atoms with Gasteiger partial charge in [-0.05, 0) is 36.0 Å². The van der Waals surface area contributed by atoms with Crippen molar-refractivity contribution in [3.63, 3.8) is 0 Å². The second-order valence-electron chi connectivity index (χ2n) is 5.51. The van der Waals surface area contributed by atoms with E-state index in [0.717, 1.165) is 5.69 Å². The summed E-state index contributed by atoms with van der Waals surface area (Å²) in [6, 6.07) is 3.98. The summed E-state index contributed by atoms with van der Waals surface area (Å²) >= 11 is 0. The van der Waals surface area contributed by atoms with Gasteiger partial charge in [-0.15, -0.1) is 0 Å². The van der Waals surface area contributed by atoms with Gasteiger partial charge < -0.3 is 0 Å². The average molecular weight is 241 g/mol. The summed E-state index contributed by atoms with van der Waals surface area (Å²) in [5.74, 6) is 0. The molecular weight excluding hydrogens is 222 g/mol. The van der Waals surface area contributed by atoms with E-state index >= 15 is 0 Å². The standard InChI is InChI=1S/C15H19N3/c1-15(7-3-2-4-8-15)13-10-17-18(12-13)14-6-5-9-16-11-14/h5-6,9-12H,2-4,7-8H2,1H3. The fraction of sp³-hybridized carbons (Fsp3) is 0.467. The molecule has 0 unspecified atom stereocenters. The Balaban J connectivity index is 1.89. The smallest absolute Gasteiger partial charge is 0.0828 e. The molecule has 2 aromatic rings. The molecule has 94 valence electrons. The number of pyridine rings is 1. The van der Waals surface area contributed by atoms with Crippen LogP contribution in [0.2, 0.25) is 0 Å². The molecule has 0 radical (unpaired) electrons. The molecule has 0 bridgehead atoms. The molecule has 1 aliphatic carbocycles. The lowest BCUT2D eigenvalue weighted by Gasteiger charge is -2.32. The molecule has 3 rings (SSSR count). The first kappa shape index (κ1) is 11.5. The number of aromatic nitrogens is 3. The van der Waals surface area contributed by atoms with Crippen LogP contribution < -0.4 is 0 Å². The van der Waals surface area contributed by atoms with Crippen LogP contribution in [0, 0.1) is 0 Å². The van der Waals surface area contributed by atoms with E-state index in [1.54, 1.807) is 6.20 Å². The lowest BCUT2D eigenvalue weighted by molar-refractivity contribution is 0.319. The van der Waals surface area contributed by atoms with Crippen molar-refractivity contribution in [3.05, 3.63) is 42.5 Å². The Hall–Kier alpha value is -1.64. The molecule has 0 aromatic carbocycles. The Bertz CT molecular complexity index is 510. The number of hydrogen-bond donors (Lipinski definition) is 0. The molecule has 1 aliphatic rings. The summed E-state index contributed by atoms with van der Waals surface area (Å²) in [6.45, 7) is 2.37.